The molecule has 3 N–H and O–H groups in total. The number of carbonyl (C=O) groups excluding carboxylic acids is 1. The number of aliphatic hydroxyl groups excluding tert-OH is 2. The van der Waals surface area contributed by atoms with Crippen molar-refractivity contribution >= 4 is 5.91 Å². The summed E-state index contributed by atoms with van der Waals surface area (Å²) in [5, 5.41) is 23.7. The predicted molar refractivity (Wildman–Crippen MR) is 211 cm³/mol. The predicted octanol–water partition coefficient (Wildman–Crippen LogP) is 9.88. The van der Waals surface area contributed by atoms with E-state index in [-0.39, 0.29) is 30.8 Å². The average molecular weight is 715 g/mol. The Labute approximate surface area is 314 Å². The number of hydrogen-bond acceptors (Lipinski definition) is 6. The quantitative estimate of drug-likeness (QED) is 0.0801. The van der Waals surface area contributed by atoms with Gasteiger partial charge in [0.25, 0.3) is 0 Å². The van der Waals surface area contributed by atoms with Gasteiger partial charge < -0.3 is 25.0 Å². The van der Waals surface area contributed by atoms with Gasteiger partial charge >= 0.3 is 0 Å². The van der Waals surface area contributed by atoms with Crippen LogP contribution in [0.3, 0.4) is 0 Å². The van der Waals surface area contributed by atoms with E-state index < -0.39 is 12.4 Å². The average Bonchev–Trinajstić information content (AvgIpc) is 3.18. The molecular weight excluding hydrogens is 649 g/mol. The van der Waals surface area contributed by atoms with Crippen LogP contribution in [0.25, 0.3) is 0 Å². The second kappa shape index (κ2) is 23.6. The highest BCUT2D eigenvalue weighted by Gasteiger charge is 2.34. The zero-order chi connectivity index (χ0) is 37.0. The molecule has 4 rings (SSSR count). The van der Waals surface area contributed by atoms with E-state index in [2.05, 4.69) is 17.1 Å². The fourth-order valence-corrected chi connectivity index (χ4v) is 7.08. The number of hydrogen-bond donors (Lipinski definition) is 3. The van der Waals surface area contributed by atoms with Gasteiger partial charge in [0.1, 0.15) is 0 Å². The molecule has 0 radical (unpaired) electrons. The fraction of sp³-hybridized carbons (Fsp3) is 0.578. The molecule has 7 nitrogen and oxygen atoms in total. The number of nitrogens with one attached hydrogen (secondary N) is 1. The van der Waals surface area contributed by atoms with Crippen molar-refractivity contribution in [3.8, 4) is 0 Å². The first-order chi connectivity index (χ1) is 25.4. The zero-order valence-electron chi connectivity index (χ0n) is 32.2. The van der Waals surface area contributed by atoms with Gasteiger partial charge in [0.15, 0.2) is 6.29 Å². The standard InChI is InChI=1S/C45H66N2O5/c1-4-5-6-7-8-9-10-11-12-13-14-15-19-22-43(49)46-32-36-23-29-40(30-24-36)45-51-41(31-42(52-45)38-27-25-37(34-48)26-28-38)33-47(3)35(2)44(50)39-20-17-16-18-21-39/h16-18,20-21,23-30,35,41-42,44-45,48,50H,4-15,19,22,31-34H2,1-3H3,(H,46,49)/t35-,41-,42+,44-,45?/m0/s1. The molecule has 1 heterocycles. The number of rotatable bonds is 24. The van der Waals surface area contributed by atoms with Crippen LogP contribution in [0.2, 0.25) is 0 Å². The maximum absolute atomic E-state index is 12.6. The smallest absolute Gasteiger partial charge is 0.220 e. The van der Waals surface area contributed by atoms with Gasteiger partial charge in [-0.1, -0.05) is 163 Å². The van der Waals surface area contributed by atoms with Gasteiger partial charge in [0.05, 0.1) is 24.9 Å². The molecule has 0 spiro atoms. The molecule has 0 aromatic heterocycles. The molecule has 1 unspecified atom stereocenters. The Hall–Kier alpha value is -3.07. The topological polar surface area (TPSA) is 91.3 Å². The van der Waals surface area contributed by atoms with E-state index in [9.17, 15) is 15.0 Å². The molecule has 1 amide bonds. The Morgan fingerprint density at radius 3 is 1.92 bits per heavy atom. The van der Waals surface area contributed by atoms with Crippen molar-refractivity contribution in [1.82, 2.24) is 10.2 Å². The number of carbonyl (C=O) groups is 1. The Morgan fingerprint density at radius 1 is 0.769 bits per heavy atom. The van der Waals surface area contributed by atoms with E-state index in [4.69, 9.17) is 9.47 Å². The molecule has 52 heavy (non-hydrogen) atoms. The molecule has 3 aromatic rings. The van der Waals surface area contributed by atoms with E-state index in [0.29, 0.717) is 25.9 Å². The molecule has 7 heteroatoms. The van der Waals surface area contributed by atoms with Crippen molar-refractivity contribution in [3.63, 3.8) is 0 Å². The Bertz CT molecular complexity index is 1380. The number of unbranched alkanes of at least 4 members (excludes halogenated alkanes) is 12. The molecule has 0 saturated carbocycles. The number of nitrogens with zero attached hydrogens (tertiary/aromatic N) is 1. The second-order valence-electron chi connectivity index (χ2n) is 14.9. The molecule has 1 aliphatic heterocycles. The first-order valence-electron chi connectivity index (χ1n) is 20.2. The van der Waals surface area contributed by atoms with Gasteiger partial charge in [-0.25, -0.2) is 0 Å². The summed E-state index contributed by atoms with van der Waals surface area (Å²) >= 11 is 0. The van der Waals surface area contributed by atoms with E-state index in [1.165, 1.54) is 70.6 Å². The van der Waals surface area contributed by atoms with E-state index in [1.807, 2.05) is 92.8 Å². The molecule has 1 saturated heterocycles. The van der Waals surface area contributed by atoms with Crippen LogP contribution < -0.4 is 5.32 Å². The van der Waals surface area contributed by atoms with Crippen molar-refractivity contribution in [2.45, 2.75) is 154 Å². The van der Waals surface area contributed by atoms with Gasteiger partial charge in [0.2, 0.25) is 5.91 Å². The summed E-state index contributed by atoms with van der Waals surface area (Å²) in [6.45, 7) is 5.43. The highest BCUT2D eigenvalue weighted by atomic mass is 16.7. The third kappa shape index (κ3) is 14.4. The number of ether oxygens (including phenoxy) is 2. The monoisotopic (exact) mass is 714 g/mol. The third-order valence-electron chi connectivity index (χ3n) is 10.6. The van der Waals surface area contributed by atoms with Gasteiger partial charge in [-0.15, -0.1) is 0 Å². The summed E-state index contributed by atoms with van der Waals surface area (Å²) in [4.78, 5) is 14.7. The Balaban J connectivity index is 1.22. The minimum absolute atomic E-state index is 0.00116. The number of likely N-dealkylation sites (N-methyl/N-ethyl adjacent to an activating group) is 1. The lowest BCUT2D eigenvalue weighted by atomic mass is 9.98. The lowest BCUT2D eigenvalue weighted by molar-refractivity contribution is -0.253. The molecule has 286 valence electrons. The summed E-state index contributed by atoms with van der Waals surface area (Å²) in [7, 11) is 2.03. The maximum atomic E-state index is 12.6. The fourth-order valence-electron chi connectivity index (χ4n) is 7.08. The zero-order valence-corrected chi connectivity index (χ0v) is 32.2. The summed E-state index contributed by atoms with van der Waals surface area (Å²) in [6.07, 6.45) is 16.6. The van der Waals surface area contributed by atoms with Crippen molar-refractivity contribution in [1.29, 1.82) is 0 Å². The van der Waals surface area contributed by atoms with E-state index >= 15 is 0 Å². The number of aliphatic hydroxyl groups is 2. The second-order valence-corrected chi connectivity index (χ2v) is 14.9. The Kier molecular flexibility index (Phi) is 18.9. The van der Waals surface area contributed by atoms with Crippen LogP contribution in [0.1, 0.15) is 156 Å². The first-order valence-corrected chi connectivity index (χ1v) is 20.2. The minimum Gasteiger partial charge on any atom is -0.392 e. The number of amides is 1. The van der Waals surface area contributed by atoms with Gasteiger partial charge in [-0.2, -0.15) is 0 Å². The summed E-state index contributed by atoms with van der Waals surface area (Å²) in [6, 6.07) is 25.7. The first kappa shape index (κ1) is 41.7. The van der Waals surface area contributed by atoms with Crippen LogP contribution in [0.5, 0.6) is 0 Å². The SMILES string of the molecule is CCCCCCCCCCCCCCCC(=O)NCc1ccc(C2O[C@H](CN(C)[C@@H](C)[C@H](O)c3ccccc3)C[C@H](c3ccc(CO)cc3)O2)cc1. The van der Waals surface area contributed by atoms with Crippen LogP contribution in [0.4, 0.5) is 0 Å². The molecular formula is C45H66N2O5. The molecule has 1 aliphatic rings. The highest BCUT2D eigenvalue weighted by molar-refractivity contribution is 5.75. The van der Waals surface area contributed by atoms with Gasteiger partial charge in [-0.3, -0.25) is 9.69 Å². The van der Waals surface area contributed by atoms with Crippen molar-refractivity contribution in [3.05, 3.63) is 107 Å². The Morgan fingerprint density at radius 2 is 1.33 bits per heavy atom. The summed E-state index contributed by atoms with van der Waals surface area (Å²) < 4.78 is 13.1. The molecule has 0 bridgehead atoms. The van der Waals surface area contributed by atoms with Crippen LogP contribution in [-0.2, 0) is 27.4 Å². The minimum atomic E-state index is -0.619. The lowest BCUT2D eigenvalue weighted by Crippen LogP contribution is -2.43. The van der Waals surface area contributed by atoms with Crippen molar-refractivity contribution in [2.75, 3.05) is 13.6 Å². The lowest BCUT2D eigenvalue weighted by Gasteiger charge is -2.39. The van der Waals surface area contributed by atoms with Crippen molar-refractivity contribution < 1.29 is 24.5 Å². The van der Waals surface area contributed by atoms with E-state index in [1.54, 1.807) is 0 Å². The third-order valence-corrected chi connectivity index (χ3v) is 10.6. The van der Waals surface area contributed by atoms with Gasteiger partial charge in [-0.05, 0) is 42.6 Å². The normalized spacial score (nSPS) is 18.7. The molecule has 3 aromatic carbocycles. The molecule has 1 fully saturated rings. The van der Waals surface area contributed by atoms with Crippen LogP contribution in [0.15, 0.2) is 78.9 Å². The summed E-state index contributed by atoms with van der Waals surface area (Å²) in [5.41, 5.74) is 4.75. The number of benzene rings is 3. The molecule has 0 aliphatic carbocycles. The van der Waals surface area contributed by atoms with E-state index in [0.717, 1.165) is 40.7 Å². The van der Waals surface area contributed by atoms with Crippen LogP contribution in [0, 0.1) is 0 Å². The highest BCUT2D eigenvalue weighted by Crippen LogP contribution is 2.38. The van der Waals surface area contributed by atoms with Crippen LogP contribution >= 0.6 is 0 Å². The summed E-state index contributed by atoms with van der Waals surface area (Å²) in [5.74, 6) is 0.111. The molecule has 5 atom stereocenters. The largest absolute Gasteiger partial charge is 0.392 e. The maximum Gasteiger partial charge on any atom is 0.220 e. The van der Waals surface area contributed by atoms with Crippen molar-refractivity contribution in [2.24, 2.45) is 0 Å². The van der Waals surface area contributed by atoms with Gasteiger partial charge in [0, 0.05) is 37.5 Å². The van der Waals surface area contributed by atoms with Crippen LogP contribution in [-0.4, -0.2) is 46.8 Å².